The van der Waals surface area contributed by atoms with Crippen molar-refractivity contribution in [1.82, 2.24) is 5.32 Å². The monoisotopic (exact) mass is 283 g/mol. The third kappa shape index (κ3) is 4.08. The topological polar surface area (TPSA) is 21.3 Å². The first-order valence-electron chi connectivity index (χ1n) is 7.54. The molecule has 2 aromatic rings. The summed E-state index contributed by atoms with van der Waals surface area (Å²) in [6, 6.07) is 14.9. The molecule has 21 heavy (non-hydrogen) atoms. The zero-order valence-electron chi connectivity index (χ0n) is 13.4. The molecule has 0 heterocycles. The molecule has 1 unspecified atom stereocenters. The van der Waals surface area contributed by atoms with Crippen LogP contribution in [-0.2, 0) is 6.61 Å². The first-order chi connectivity index (χ1) is 10.1. The highest BCUT2D eigenvalue weighted by Crippen LogP contribution is 2.22. The van der Waals surface area contributed by atoms with E-state index in [0.717, 1.165) is 12.3 Å². The Morgan fingerprint density at radius 2 is 1.76 bits per heavy atom. The molecule has 0 bridgehead atoms. The quantitative estimate of drug-likeness (QED) is 0.857. The number of hydrogen-bond donors (Lipinski definition) is 1. The summed E-state index contributed by atoms with van der Waals surface area (Å²) in [5, 5.41) is 3.21. The fourth-order valence-electron chi connectivity index (χ4n) is 2.41. The number of benzene rings is 2. The number of nitrogens with one attached hydrogen (secondary N) is 1. The smallest absolute Gasteiger partial charge is 0.122 e. The van der Waals surface area contributed by atoms with Crippen LogP contribution in [0.5, 0.6) is 5.75 Å². The van der Waals surface area contributed by atoms with E-state index in [1.807, 2.05) is 19.2 Å². The highest BCUT2D eigenvalue weighted by molar-refractivity contribution is 5.38. The molecule has 2 aromatic carbocycles. The van der Waals surface area contributed by atoms with E-state index in [1.165, 1.54) is 22.3 Å². The highest BCUT2D eigenvalue weighted by atomic mass is 16.5. The van der Waals surface area contributed by atoms with Crippen molar-refractivity contribution in [2.75, 3.05) is 13.6 Å². The molecule has 2 heteroatoms. The summed E-state index contributed by atoms with van der Waals surface area (Å²) in [4.78, 5) is 0. The van der Waals surface area contributed by atoms with Crippen LogP contribution in [0.3, 0.4) is 0 Å². The van der Waals surface area contributed by atoms with Crippen molar-refractivity contribution in [2.24, 2.45) is 0 Å². The molecule has 0 aliphatic rings. The minimum absolute atomic E-state index is 0.531. The predicted octanol–water partition coefficient (Wildman–Crippen LogP) is 4.21. The van der Waals surface area contributed by atoms with E-state index in [4.69, 9.17) is 4.74 Å². The predicted molar refractivity (Wildman–Crippen MR) is 89.0 cm³/mol. The Kier molecular flexibility index (Phi) is 5.40. The molecule has 0 radical (unpaired) electrons. The van der Waals surface area contributed by atoms with Gasteiger partial charge in [-0.3, -0.25) is 0 Å². The molecule has 0 aliphatic heterocycles. The first-order valence-corrected chi connectivity index (χ1v) is 7.54. The lowest BCUT2D eigenvalue weighted by Gasteiger charge is -2.13. The molecule has 0 saturated heterocycles. The van der Waals surface area contributed by atoms with Crippen LogP contribution in [0.4, 0.5) is 0 Å². The largest absolute Gasteiger partial charge is 0.489 e. The van der Waals surface area contributed by atoms with Crippen molar-refractivity contribution in [3.05, 3.63) is 64.7 Å². The van der Waals surface area contributed by atoms with Gasteiger partial charge in [-0.15, -0.1) is 0 Å². The second kappa shape index (κ2) is 7.28. The van der Waals surface area contributed by atoms with E-state index in [-0.39, 0.29) is 0 Å². The summed E-state index contributed by atoms with van der Waals surface area (Å²) in [6.45, 7) is 8.06. The maximum absolute atomic E-state index is 5.94. The number of rotatable bonds is 6. The fourth-order valence-corrected chi connectivity index (χ4v) is 2.41. The van der Waals surface area contributed by atoms with Crippen LogP contribution in [0.1, 0.15) is 35.1 Å². The van der Waals surface area contributed by atoms with Gasteiger partial charge in [-0.1, -0.05) is 43.3 Å². The average Bonchev–Trinajstić information content (AvgIpc) is 2.49. The van der Waals surface area contributed by atoms with E-state index in [0.29, 0.717) is 12.5 Å². The molecule has 0 spiro atoms. The number of aryl methyl sites for hydroxylation is 1. The van der Waals surface area contributed by atoms with Crippen LogP contribution in [0, 0.1) is 13.8 Å². The number of likely N-dealkylation sites (N-methyl/N-ethyl adjacent to an activating group) is 1. The maximum atomic E-state index is 5.94. The van der Waals surface area contributed by atoms with Crippen molar-refractivity contribution in [3.8, 4) is 5.75 Å². The molecule has 2 rings (SSSR count). The summed E-state index contributed by atoms with van der Waals surface area (Å²) in [5.41, 5.74) is 5.05. The molecule has 1 N–H and O–H groups in total. The lowest BCUT2D eigenvalue weighted by Crippen LogP contribution is -2.14. The molecule has 1 atom stereocenters. The minimum Gasteiger partial charge on any atom is -0.489 e. The Balaban J connectivity index is 1.99. The first kappa shape index (κ1) is 15.6. The summed E-state index contributed by atoms with van der Waals surface area (Å²) < 4.78 is 5.94. The molecule has 0 aromatic heterocycles. The van der Waals surface area contributed by atoms with Gasteiger partial charge in [0.25, 0.3) is 0 Å². The maximum Gasteiger partial charge on any atom is 0.122 e. The molecule has 112 valence electrons. The van der Waals surface area contributed by atoms with Gasteiger partial charge in [-0.25, -0.2) is 0 Å². The Hall–Kier alpha value is -1.80. The van der Waals surface area contributed by atoms with Crippen molar-refractivity contribution in [2.45, 2.75) is 33.3 Å². The SMILES string of the molecule is CNCC(C)c1ccc(COc2cccc(C)c2C)cc1. The van der Waals surface area contributed by atoms with Gasteiger partial charge in [0, 0.05) is 6.54 Å². The van der Waals surface area contributed by atoms with Gasteiger partial charge in [-0.2, -0.15) is 0 Å². The third-order valence-electron chi connectivity index (χ3n) is 4.01. The van der Waals surface area contributed by atoms with Crippen molar-refractivity contribution < 1.29 is 4.74 Å². The molecule has 2 nitrogen and oxygen atoms in total. The van der Waals surface area contributed by atoms with E-state index in [1.54, 1.807) is 0 Å². The van der Waals surface area contributed by atoms with E-state index < -0.39 is 0 Å². The summed E-state index contributed by atoms with van der Waals surface area (Å²) in [5.74, 6) is 1.51. The summed E-state index contributed by atoms with van der Waals surface area (Å²) in [7, 11) is 1.99. The fraction of sp³-hybridized carbons (Fsp3) is 0.368. The van der Waals surface area contributed by atoms with Crippen LogP contribution >= 0.6 is 0 Å². The molecule has 0 amide bonds. The Morgan fingerprint density at radius 1 is 1.05 bits per heavy atom. The standard InChI is InChI=1S/C19H25NO/c1-14-6-5-7-19(16(14)3)21-13-17-8-10-18(11-9-17)15(2)12-20-4/h5-11,15,20H,12-13H2,1-4H3. The normalized spacial score (nSPS) is 12.2. The Labute approximate surface area is 128 Å². The van der Waals surface area contributed by atoms with Crippen LogP contribution in [0.25, 0.3) is 0 Å². The number of ether oxygens (including phenoxy) is 1. The molecule has 0 aliphatic carbocycles. The number of hydrogen-bond acceptors (Lipinski definition) is 2. The van der Waals surface area contributed by atoms with Gasteiger partial charge < -0.3 is 10.1 Å². The van der Waals surface area contributed by atoms with Gasteiger partial charge in [0.05, 0.1) is 0 Å². The van der Waals surface area contributed by atoms with Crippen LogP contribution in [0.2, 0.25) is 0 Å². The highest BCUT2D eigenvalue weighted by Gasteiger charge is 2.05. The van der Waals surface area contributed by atoms with Gasteiger partial charge in [0.1, 0.15) is 12.4 Å². The second-order valence-corrected chi connectivity index (χ2v) is 5.69. The molecular weight excluding hydrogens is 258 g/mol. The van der Waals surface area contributed by atoms with Crippen LogP contribution in [0.15, 0.2) is 42.5 Å². The average molecular weight is 283 g/mol. The lowest BCUT2D eigenvalue weighted by molar-refractivity contribution is 0.304. The van der Waals surface area contributed by atoms with Gasteiger partial charge in [-0.05, 0) is 55.1 Å². The van der Waals surface area contributed by atoms with E-state index >= 15 is 0 Å². The zero-order valence-corrected chi connectivity index (χ0v) is 13.4. The van der Waals surface area contributed by atoms with E-state index in [9.17, 15) is 0 Å². The molecule has 0 saturated carbocycles. The second-order valence-electron chi connectivity index (χ2n) is 5.69. The van der Waals surface area contributed by atoms with Gasteiger partial charge in [0.15, 0.2) is 0 Å². The minimum atomic E-state index is 0.531. The zero-order chi connectivity index (χ0) is 15.2. The lowest BCUT2D eigenvalue weighted by atomic mass is 10.00. The summed E-state index contributed by atoms with van der Waals surface area (Å²) in [6.07, 6.45) is 0. The third-order valence-corrected chi connectivity index (χ3v) is 4.01. The van der Waals surface area contributed by atoms with Gasteiger partial charge >= 0.3 is 0 Å². The van der Waals surface area contributed by atoms with Crippen molar-refractivity contribution in [1.29, 1.82) is 0 Å². The van der Waals surface area contributed by atoms with Crippen LogP contribution < -0.4 is 10.1 Å². The Morgan fingerprint density at radius 3 is 2.43 bits per heavy atom. The van der Waals surface area contributed by atoms with Crippen molar-refractivity contribution >= 4 is 0 Å². The van der Waals surface area contributed by atoms with Crippen LogP contribution in [-0.4, -0.2) is 13.6 Å². The van der Waals surface area contributed by atoms with E-state index in [2.05, 4.69) is 56.4 Å². The summed E-state index contributed by atoms with van der Waals surface area (Å²) >= 11 is 0. The molecular formula is C19H25NO. The van der Waals surface area contributed by atoms with Crippen molar-refractivity contribution in [3.63, 3.8) is 0 Å². The molecule has 0 fully saturated rings. The van der Waals surface area contributed by atoms with Gasteiger partial charge in [0.2, 0.25) is 0 Å². The Bertz CT molecular complexity index is 575.